The first-order chi connectivity index (χ1) is 10.6. The molecule has 0 radical (unpaired) electrons. The maximum Gasteiger partial charge on any atom is 0.256 e. The van der Waals surface area contributed by atoms with E-state index in [1.165, 1.54) is 17.8 Å². The zero-order valence-electron chi connectivity index (χ0n) is 12.6. The zero-order valence-corrected chi connectivity index (χ0v) is 13.5. The minimum atomic E-state index is -0.213. The molecule has 6 heteroatoms. The molecule has 0 aliphatic carbocycles. The Bertz CT molecular complexity index is 760. The molecule has 1 aromatic heterocycles. The molecule has 0 saturated heterocycles. The van der Waals surface area contributed by atoms with Crippen LogP contribution in [-0.4, -0.2) is 27.7 Å². The van der Waals surface area contributed by atoms with Gasteiger partial charge in [0, 0.05) is 26.1 Å². The number of hydrogen-bond acceptors (Lipinski definition) is 4. The fraction of sp³-hybridized carbons (Fsp3) is 0.375. The smallest absolute Gasteiger partial charge is 0.256 e. The third-order valence-electron chi connectivity index (χ3n) is 4.02. The summed E-state index contributed by atoms with van der Waals surface area (Å²) in [5.41, 5.74) is 3.64. The molecule has 116 valence electrons. The number of thioether (sulfide) groups is 1. The molecule has 22 heavy (non-hydrogen) atoms. The highest BCUT2D eigenvalue weighted by molar-refractivity contribution is 7.98. The van der Waals surface area contributed by atoms with E-state index in [9.17, 15) is 9.18 Å². The second-order valence-electron chi connectivity index (χ2n) is 5.53. The number of nitrogens with zero attached hydrogens (tertiary/aromatic N) is 2. The van der Waals surface area contributed by atoms with Crippen LogP contribution in [0.15, 0.2) is 28.2 Å². The lowest BCUT2D eigenvalue weighted by molar-refractivity contribution is 0.240. The molecular weight excluding hydrogens is 301 g/mol. The minimum absolute atomic E-state index is 0.0464. The lowest BCUT2D eigenvalue weighted by atomic mass is 10.0. The number of aromatic amines is 1. The third-order valence-corrected chi connectivity index (χ3v) is 4.60. The molecule has 0 atom stereocenters. The SMILES string of the molecule is CSc1nc2c(c(=O)[nH]1)CN(Cc1ccc(F)cc1C)CC2. The summed E-state index contributed by atoms with van der Waals surface area (Å²) >= 11 is 1.45. The van der Waals surface area contributed by atoms with E-state index in [-0.39, 0.29) is 11.4 Å². The van der Waals surface area contributed by atoms with Crippen molar-refractivity contribution in [2.24, 2.45) is 0 Å². The van der Waals surface area contributed by atoms with Crippen molar-refractivity contribution in [3.63, 3.8) is 0 Å². The van der Waals surface area contributed by atoms with Gasteiger partial charge in [-0.05, 0) is 36.4 Å². The van der Waals surface area contributed by atoms with Crippen LogP contribution < -0.4 is 5.56 Å². The van der Waals surface area contributed by atoms with Crippen LogP contribution in [0.4, 0.5) is 4.39 Å². The Hall–Kier alpha value is -1.66. The molecule has 1 aliphatic heterocycles. The minimum Gasteiger partial charge on any atom is -0.301 e. The van der Waals surface area contributed by atoms with Crippen molar-refractivity contribution < 1.29 is 4.39 Å². The van der Waals surface area contributed by atoms with E-state index in [2.05, 4.69) is 14.9 Å². The summed E-state index contributed by atoms with van der Waals surface area (Å²) in [6.07, 6.45) is 2.67. The molecule has 3 rings (SSSR count). The van der Waals surface area contributed by atoms with Crippen molar-refractivity contribution in [1.82, 2.24) is 14.9 Å². The molecule has 2 heterocycles. The van der Waals surface area contributed by atoms with Gasteiger partial charge in [-0.1, -0.05) is 17.8 Å². The summed E-state index contributed by atoms with van der Waals surface area (Å²) in [6.45, 7) is 4.07. The first-order valence-corrected chi connectivity index (χ1v) is 8.42. The predicted octanol–water partition coefficient (Wildman–Crippen LogP) is 2.50. The molecule has 0 unspecified atom stereocenters. The van der Waals surface area contributed by atoms with Gasteiger partial charge in [0.05, 0.1) is 11.3 Å². The Morgan fingerprint density at radius 3 is 3.00 bits per heavy atom. The van der Waals surface area contributed by atoms with Gasteiger partial charge in [0.1, 0.15) is 5.82 Å². The summed E-state index contributed by atoms with van der Waals surface area (Å²) in [6, 6.07) is 4.85. The Kier molecular flexibility index (Phi) is 4.31. The highest BCUT2D eigenvalue weighted by Gasteiger charge is 2.21. The zero-order chi connectivity index (χ0) is 15.7. The molecule has 0 fully saturated rings. The van der Waals surface area contributed by atoms with Gasteiger partial charge < -0.3 is 4.98 Å². The highest BCUT2D eigenvalue weighted by atomic mass is 32.2. The van der Waals surface area contributed by atoms with Crippen molar-refractivity contribution in [2.75, 3.05) is 12.8 Å². The Balaban J connectivity index is 1.81. The number of fused-ring (bicyclic) bond motifs is 1. The number of rotatable bonds is 3. The second kappa shape index (κ2) is 6.22. The number of benzene rings is 1. The normalized spacial score (nSPS) is 14.9. The molecular formula is C16H18FN3OS. The highest BCUT2D eigenvalue weighted by Crippen LogP contribution is 2.20. The van der Waals surface area contributed by atoms with Crippen molar-refractivity contribution >= 4 is 11.8 Å². The third kappa shape index (κ3) is 3.08. The lowest BCUT2D eigenvalue weighted by Crippen LogP contribution is -2.35. The number of aryl methyl sites for hydroxylation is 1. The Morgan fingerprint density at radius 2 is 2.27 bits per heavy atom. The predicted molar refractivity (Wildman–Crippen MR) is 85.6 cm³/mol. The topological polar surface area (TPSA) is 49.0 Å². The number of H-pyrrole nitrogens is 1. The maximum absolute atomic E-state index is 13.2. The number of hydrogen-bond donors (Lipinski definition) is 1. The van der Waals surface area contributed by atoms with Gasteiger partial charge in [-0.25, -0.2) is 9.37 Å². The summed E-state index contributed by atoms with van der Waals surface area (Å²) in [7, 11) is 0. The van der Waals surface area contributed by atoms with Gasteiger partial charge in [0.25, 0.3) is 5.56 Å². The monoisotopic (exact) mass is 319 g/mol. The quantitative estimate of drug-likeness (QED) is 0.697. The summed E-state index contributed by atoms with van der Waals surface area (Å²) in [5.74, 6) is -0.213. The fourth-order valence-electron chi connectivity index (χ4n) is 2.77. The van der Waals surface area contributed by atoms with Gasteiger partial charge in [-0.2, -0.15) is 0 Å². The Labute approximate surface area is 132 Å². The van der Waals surface area contributed by atoms with Crippen molar-refractivity contribution in [1.29, 1.82) is 0 Å². The average molecular weight is 319 g/mol. The molecule has 0 bridgehead atoms. The van der Waals surface area contributed by atoms with E-state index in [1.807, 2.05) is 19.2 Å². The summed E-state index contributed by atoms with van der Waals surface area (Å²) in [4.78, 5) is 21.7. The van der Waals surface area contributed by atoms with E-state index >= 15 is 0 Å². The van der Waals surface area contributed by atoms with Gasteiger partial charge in [-0.15, -0.1) is 0 Å². The van der Waals surface area contributed by atoms with Crippen LogP contribution in [0.2, 0.25) is 0 Å². The number of halogens is 1. The average Bonchev–Trinajstić information content (AvgIpc) is 2.50. The van der Waals surface area contributed by atoms with E-state index < -0.39 is 0 Å². The van der Waals surface area contributed by atoms with Gasteiger partial charge >= 0.3 is 0 Å². The van der Waals surface area contributed by atoms with E-state index in [0.29, 0.717) is 11.7 Å². The number of aromatic nitrogens is 2. The first kappa shape index (κ1) is 15.2. The van der Waals surface area contributed by atoms with Crippen LogP contribution in [-0.2, 0) is 19.5 Å². The second-order valence-corrected chi connectivity index (χ2v) is 6.33. The van der Waals surface area contributed by atoms with Crippen LogP contribution in [0, 0.1) is 12.7 Å². The molecule has 1 aliphatic rings. The lowest BCUT2D eigenvalue weighted by Gasteiger charge is -2.28. The fourth-order valence-corrected chi connectivity index (χ4v) is 3.16. The molecule has 0 saturated carbocycles. The summed E-state index contributed by atoms with van der Waals surface area (Å²) in [5, 5.41) is 0.673. The maximum atomic E-state index is 13.2. The van der Waals surface area contributed by atoms with Crippen molar-refractivity contribution in [2.45, 2.75) is 31.6 Å². The largest absolute Gasteiger partial charge is 0.301 e. The molecule has 4 nitrogen and oxygen atoms in total. The summed E-state index contributed by atoms with van der Waals surface area (Å²) < 4.78 is 13.2. The molecule has 1 N–H and O–H groups in total. The molecule has 1 aromatic carbocycles. The van der Waals surface area contributed by atoms with E-state index in [0.717, 1.165) is 41.9 Å². The van der Waals surface area contributed by atoms with Crippen LogP contribution in [0.1, 0.15) is 22.4 Å². The van der Waals surface area contributed by atoms with Crippen molar-refractivity contribution in [3.05, 3.63) is 56.8 Å². The van der Waals surface area contributed by atoms with Crippen LogP contribution in [0.3, 0.4) is 0 Å². The van der Waals surface area contributed by atoms with Gasteiger partial charge in [-0.3, -0.25) is 9.69 Å². The molecule has 0 spiro atoms. The van der Waals surface area contributed by atoms with Crippen LogP contribution in [0.5, 0.6) is 0 Å². The first-order valence-electron chi connectivity index (χ1n) is 7.20. The standard InChI is InChI=1S/C16H18FN3OS/c1-10-7-12(17)4-3-11(10)8-20-6-5-14-13(9-20)15(21)19-16(18-14)22-2/h3-4,7H,5-6,8-9H2,1-2H3,(H,18,19,21). The van der Waals surface area contributed by atoms with Crippen LogP contribution in [0.25, 0.3) is 0 Å². The van der Waals surface area contributed by atoms with Crippen LogP contribution >= 0.6 is 11.8 Å². The van der Waals surface area contributed by atoms with E-state index in [1.54, 1.807) is 6.07 Å². The van der Waals surface area contributed by atoms with Gasteiger partial charge in [0.15, 0.2) is 5.16 Å². The number of nitrogens with one attached hydrogen (secondary N) is 1. The molecule has 2 aromatic rings. The molecule has 0 amide bonds. The van der Waals surface area contributed by atoms with E-state index in [4.69, 9.17) is 0 Å². The van der Waals surface area contributed by atoms with Gasteiger partial charge in [0.2, 0.25) is 0 Å². The Morgan fingerprint density at radius 1 is 1.45 bits per heavy atom. The van der Waals surface area contributed by atoms with Crippen molar-refractivity contribution in [3.8, 4) is 0 Å².